The molecule has 5 nitrogen and oxygen atoms in total. The third-order valence-corrected chi connectivity index (χ3v) is 4.11. The van der Waals surface area contributed by atoms with Crippen molar-refractivity contribution in [2.45, 2.75) is 13.0 Å². The maximum Gasteiger partial charge on any atom is 0.241 e. The van der Waals surface area contributed by atoms with Crippen molar-refractivity contribution in [3.63, 3.8) is 0 Å². The van der Waals surface area contributed by atoms with E-state index in [9.17, 15) is 22.8 Å². The van der Waals surface area contributed by atoms with E-state index >= 15 is 0 Å². The van der Waals surface area contributed by atoms with Crippen molar-refractivity contribution in [2.24, 2.45) is 0 Å². The van der Waals surface area contributed by atoms with Crippen molar-refractivity contribution in [1.82, 2.24) is 4.90 Å². The van der Waals surface area contributed by atoms with Crippen LogP contribution in [0.2, 0.25) is 5.02 Å². The zero-order chi connectivity index (χ0) is 20.1. The van der Waals surface area contributed by atoms with Crippen LogP contribution >= 0.6 is 11.6 Å². The van der Waals surface area contributed by atoms with Gasteiger partial charge in [0.2, 0.25) is 11.8 Å². The van der Waals surface area contributed by atoms with Crippen molar-refractivity contribution in [1.29, 1.82) is 0 Å². The van der Waals surface area contributed by atoms with Gasteiger partial charge in [-0.15, -0.1) is 0 Å². The summed E-state index contributed by atoms with van der Waals surface area (Å²) in [5.41, 5.74) is 0.0588. The number of rotatable bonds is 6. The molecule has 0 aliphatic carbocycles. The monoisotopic (exact) mass is 399 g/mol. The number of halogens is 4. The van der Waals surface area contributed by atoms with E-state index in [0.29, 0.717) is 16.8 Å². The fourth-order valence-electron chi connectivity index (χ4n) is 2.16. The molecule has 2 N–H and O–H groups in total. The van der Waals surface area contributed by atoms with Crippen LogP contribution in [0.3, 0.4) is 0 Å². The standard InChI is InChI=1S/C18H17ClF3N3O2/c1-10(18(27)24-14-8-7-13(20)16(21)17(14)22)25(2)9-15(26)23-12-5-3-11(19)4-6-12/h3-8,10H,9H2,1-2H3,(H,23,26)(H,24,27)/t10-/m0/s1. The molecule has 0 saturated carbocycles. The summed E-state index contributed by atoms with van der Waals surface area (Å²) in [7, 11) is 1.52. The summed E-state index contributed by atoms with van der Waals surface area (Å²) >= 11 is 5.77. The van der Waals surface area contributed by atoms with Crippen LogP contribution in [0.15, 0.2) is 36.4 Å². The highest BCUT2D eigenvalue weighted by molar-refractivity contribution is 6.30. The minimum atomic E-state index is -1.67. The number of anilines is 2. The number of hydrogen-bond donors (Lipinski definition) is 2. The van der Waals surface area contributed by atoms with Gasteiger partial charge in [-0.05, 0) is 50.4 Å². The van der Waals surface area contributed by atoms with Crippen molar-refractivity contribution in [3.8, 4) is 0 Å². The normalized spacial score (nSPS) is 12.0. The van der Waals surface area contributed by atoms with Gasteiger partial charge in [0.05, 0.1) is 18.3 Å². The second-order valence-electron chi connectivity index (χ2n) is 5.86. The summed E-state index contributed by atoms with van der Waals surface area (Å²) in [4.78, 5) is 25.7. The SMILES string of the molecule is C[C@@H](C(=O)Nc1ccc(F)c(F)c1F)N(C)CC(=O)Nc1ccc(Cl)cc1. The van der Waals surface area contributed by atoms with Crippen LogP contribution in [0.1, 0.15) is 6.92 Å². The lowest BCUT2D eigenvalue weighted by molar-refractivity contribution is -0.122. The van der Waals surface area contributed by atoms with Gasteiger partial charge in [0, 0.05) is 10.7 Å². The van der Waals surface area contributed by atoms with E-state index in [0.717, 1.165) is 6.07 Å². The molecule has 0 heterocycles. The Hall–Kier alpha value is -2.58. The molecule has 2 amide bonds. The molecule has 0 aliphatic heterocycles. The summed E-state index contributed by atoms with van der Waals surface area (Å²) in [6, 6.07) is 7.28. The van der Waals surface area contributed by atoms with Gasteiger partial charge in [-0.1, -0.05) is 11.6 Å². The minimum Gasteiger partial charge on any atom is -0.325 e. The van der Waals surface area contributed by atoms with E-state index in [1.54, 1.807) is 24.3 Å². The lowest BCUT2D eigenvalue weighted by Crippen LogP contribution is -2.43. The van der Waals surface area contributed by atoms with Crippen molar-refractivity contribution in [3.05, 3.63) is 58.9 Å². The molecule has 2 rings (SSSR count). The van der Waals surface area contributed by atoms with Crippen molar-refractivity contribution >= 4 is 34.8 Å². The number of nitrogens with one attached hydrogen (secondary N) is 2. The average Bonchev–Trinajstić information content (AvgIpc) is 2.63. The maximum atomic E-state index is 13.7. The van der Waals surface area contributed by atoms with E-state index in [2.05, 4.69) is 10.6 Å². The van der Waals surface area contributed by atoms with Gasteiger partial charge in [0.1, 0.15) is 0 Å². The third kappa shape index (κ3) is 5.45. The molecule has 0 aliphatic rings. The summed E-state index contributed by atoms with van der Waals surface area (Å²) < 4.78 is 39.8. The van der Waals surface area contributed by atoms with Crippen LogP contribution in [0.5, 0.6) is 0 Å². The molecule has 27 heavy (non-hydrogen) atoms. The molecule has 0 spiro atoms. The Morgan fingerprint density at radius 2 is 1.67 bits per heavy atom. The highest BCUT2D eigenvalue weighted by Gasteiger charge is 2.22. The third-order valence-electron chi connectivity index (χ3n) is 3.85. The molecule has 2 aromatic rings. The smallest absolute Gasteiger partial charge is 0.241 e. The van der Waals surface area contributed by atoms with Crippen LogP contribution < -0.4 is 10.6 Å². The number of nitrogens with zero attached hydrogens (tertiary/aromatic N) is 1. The van der Waals surface area contributed by atoms with Crippen molar-refractivity contribution in [2.75, 3.05) is 24.2 Å². The molecular weight excluding hydrogens is 383 g/mol. The minimum absolute atomic E-state index is 0.128. The van der Waals surface area contributed by atoms with E-state index in [-0.39, 0.29) is 12.5 Å². The zero-order valence-electron chi connectivity index (χ0n) is 14.5. The summed E-state index contributed by atoms with van der Waals surface area (Å²) in [6.07, 6.45) is 0. The first-order valence-electron chi connectivity index (χ1n) is 7.89. The van der Waals surface area contributed by atoms with Gasteiger partial charge in [-0.25, -0.2) is 13.2 Å². The molecule has 0 aromatic heterocycles. The molecule has 0 saturated heterocycles. The number of likely N-dealkylation sites (N-methyl/N-ethyl adjacent to an activating group) is 1. The Kier molecular flexibility index (Phi) is 6.81. The van der Waals surface area contributed by atoms with Gasteiger partial charge in [-0.3, -0.25) is 14.5 Å². The maximum absolute atomic E-state index is 13.7. The van der Waals surface area contributed by atoms with Crippen LogP contribution in [-0.4, -0.2) is 36.3 Å². The molecule has 1 atom stereocenters. The molecule has 9 heteroatoms. The number of benzene rings is 2. The largest absolute Gasteiger partial charge is 0.325 e. The van der Waals surface area contributed by atoms with Gasteiger partial charge >= 0.3 is 0 Å². The summed E-state index contributed by atoms with van der Waals surface area (Å²) in [6.45, 7) is 1.36. The quantitative estimate of drug-likeness (QED) is 0.729. The molecule has 0 radical (unpaired) electrons. The van der Waals surface area contributed by atoms with E-state index < -0.39 is 35.1 Å². The predicted octanol–water partition coefficient (Wildman–Crippen LogP) is 3.65. The van der Waals surface area contributed by atoms with E-state index in [4.69, 9.17) is 11.6 Å². The van der Waals surface area contributed by atoms with Crippen LogP contribution in [0, 0.1) is 17.5 Å². The first kappa shape index (κ1) is 20.7. The zero-order valence-corrected chi connectivity index (χ0v) is 15.3. The fraction of sp³-hybridized carbons (Fsp3) is 0.222. The van der Waals surface area contributed by atoms with E-state index in [1.807, 2.05) is 0 Å². The Balaban J connectivity index is 1.94. The fourth-order valence-corrected chi connectivity index (χ4v) is 2.28. The predicted molar refractivity (Wildman–Crippen MR) is 97.1 cm³/mol. The molecule has 0 fully saturated rings. The number of carbonyl (C=O) groups excluding carboxylic acids is 2. The average molecular weight is 400 g/mol. The summed E-state index contributed by atoms with van der Waals surface area (Å²) in [5.74, 6) is -5.57. The van der Waals surface area contributed by atoms with Crippen LogP contribution in [0.4, 0.5) is 24.5 Å². The lowest BCUT2D eigenvalue weighted by atomic mass is 10.2. The second-order valence-corrected chi connectivity index (χ2v) is 6.29. The topological polar surface area (TPSA) is 61.4 Å². The molecule has 0 unspecified atom stereocenters. The Labute approximate surface area is 159 Å². The highest BCUT2D eigenvalue weighted by Crippen LogP contribution is 2.20. The highest BCUT2D eigenvalue weighted by atomic mass is 35.5. The molecule has 2 aromatic carbocycles. The second kappa shape index (κ2) is 8.88. The van der Waals surface area contributed by atoms with Gasteiger partial charge in [-0.2, -0.15) is 0 Å². The molecule has 0 bridgehead atoms. The first-order valence-corrected chi connectivity index (χ1v) is 8.27. The number of hydrogen-bond acceptors (Lipinski definition) is 3. The van der Waals surface area contributed by atoms with Gasteiger partial charge in [0.25, 0.3) is 0 Å². The first-order chi connectivity index (χ1) is 12.7. The Morgan fingerprint density at radius 1 is 1.04 bits per heavy atom. The molecular formula is C18H17ClF3N3O2. The Bertz CT molecular complexity index is 846. The lowest BCUT2D eigenvalue weighted by Gasteiger charge is -2.23. The van der Waals surface area contributed by atoms with E-state index in [1.165, 1.54) is 18.9 Å². The van der Waals surface area contributed by atoms with Gasteiger partial charge in [0.15, 0.2) is 17.5 Å². The Morgan fingerprint density at radius 3 is 2.30 bits per heavy atom. The van der Waals surface area contributed by atoms with Gasteiger partial charge < -0.3 is 10.6 Å². The number of amides is 2. The number of carbonyl (C=O) groups is 2. The molecule has 144 valence electrons. The van der Waals surface area contributed by atoms with Crippen LogP contribution in [0.25, 0.3) is 0 Å². The van der Waals surface area contributed by atoms with Crippen LogP contribution in [-0.2, 0) is 9.59 Å². The summed E-state index contributed by atoms with van der Waals surface area (Å²) in [5, 5.41) is 5.35. The van der Waals surface area contributed by atoms with Crippen molar-refractivity contribution < 1.29 is 22.8 Å².